The van der Waals surface area contributed by atoms with Crippen LogP contribution in [0.4, 0.5) is 13.9 Å². The SMILES string of the molecule is CC(C)c1nsc(NS(=O)(=O)c2c(F)cccc2F)n1. The first-order valence-corrected chi connectivity index (χ1v) is 7.87. The maximum Gasteiger partial charge on any atom is 0.269 e. The van der Waals surface area contributed by atoms with Crippen molar-refractivity contribution in [3.8, 4) is 0 Å². The summed E-state index contributed by atoms with van der Waals surface area (Å²) in [6, 6.07) is 2.83. The molecular weight excluding hydrogens is 308 g/mol. The molecule has 0 saturated heterocycles. The molecule has 0 fully saturated rings. The second-order valence-electron chi connectivity index (χ2n) is 4.27. The van der Waals surface area contributed by atoms with Gasteiger partial charge in [-0.2, -0.15) is 4.37 Å². The summed E-state index contributed by atoms with van der Waals surface area (Å²) >= 11 is 0.815. The van der Waals surface area contributed by atoms with Gasteiger partial charge in [0.1, 0.15) is 17.5 Å². The maximum atomic E-state index is 13.5. The van der Waals surface area contributed by atoms with Crippen molar-refractivity contribution in [3.63, 3.8) is 0 Å². The van der Waals surface area contributed by atoms with E-state index in [0.29, 0.717) is 5.82 Å². The number of nitrogens with one attached hydrogen (secondary N) is 1. The highest BCUT2D eigenvalue weighted by Crippen LogP contribution is 2.24. The molecule has 5 nitrogen and oxygen atoms in total. The van der Waals surface area contributed by atoms with Crippen LogP contribution < -0.4 is 4.72 Å². The second kappa shape index (κ2) is 5.41. The van der Waals surface area contributed by atoms with Crippen LogP contribution in [0.3, 0.4) is 0 Å². The molecule has 9 heteroatoms. The van der Waals surface area contributed by atoms with E-state index < -0.39 is 26.6 Å². The summed E-state index contributed by atoms with van der Waals surface area (Å²) in [5, 5.41) is -0.0312. The summed E-state index contributed by atoms with van der Waals surface area (Å²) in [5.74, 6) is -1.84. The minimum Gasteiger partial charge on any atom is -0.253 e. The van der Waals surface area contributed by atoms with Crippen molar-refractivity contribution >= 4 is 26.7 Å². The molecule has 0 saturated carbocycles. The number of nitrogens with zero attached hydrogens (tertiary/aromatic N) is 2. The van der Waals surface area contributed by atoms with Gasteiger partial charge in [-0.3, -0.25) is 4.72 Å². The van der Waals surface area contributed by atoms with E-state index in [9.17, 15) is 17.2 Å². The first kappa shape index (κ1) is 14.8. The fraction of sp³-hybridized carbons (Fsp3) is 0.273. The summed E-state index contributed by atoms with van der Waals surface area (Å²) in [5.41, 5.74) is 0. The lowest BCUT2D eigenvalue weighted by atomic mass is 10.2. The zero-order valence-corrected chi connectivity index (χ0v) is 12.2. The van der Waals surface area contributed by atoms with Crippen molar-refractivity contribution < 1.29 is 17.2 Å². The first-order chi connectivity index (χ1) is 9.31. The molecule has 0 aliphatic heterocycles. The van der Waals surface area contributed by atoms with Crippen molar-refractivity contribution in [2.45, 2.75) is 24.7 Å². The molecule has 1 aromatic carbocycles. The van der Waals surface area contributed by atoms with E-state index in [-0.39, 0.29) is 11.0 Å². The number of rotatable bonds is 4. The molecule has 1 aromatic heterocycles. The maximum absolute atomic E-state index is 13.5. The Hall–Kier alpha value is -1.61. The molecule has 0 bridgehead atoms. The van der Waals surface area contributed by atoms with Gasteiger partial charge in [0.2, 0.25) is 5.13 Å². The Morgan fingerprint density at radius 3 is 2.35 bits per heavy atom. The molecule has 20 heavy (non-hydrogen) atoms. The van der Waals surface area contributed by atoms with E-state index in [4.69, 9.17) is 0 Å². The van der Waals surface area contributed by atoms with Gasteiger partial charge >= 0.3 is 0 Å². The van der Waals surface area contributed by atoms with E-state index in [2.05, 4.69) is 9.36 Å². The number of anilines is 1. The third-order valence-corrected chi connectivity index (χ3v) is 4.53. The largest absolute Gasteiger partial charge is 0.269 e. The third kappa shape index (κ3) is 2.93. The first-order valence-electron chi connectivity index (χ1n) is 5.61. The number of halogens is 2. The van der Waals surface area contributed by atoms with Crippen LogP contribution in [0.1, 0.15) is 25.6 Å². The summed E-state index contributed by atoms with van der Waals surface area (Å²) in [6.45, 7) is 3.69. The van der Waals surface area contributed by atoms with Crippen molar-refractivity contribution in [1.29, 1.82) is 0 Å². The van der Waals surface area contributed by atoms with E-state index in [0.717, 1.165) is 29.7 Å². The van der Waals surface area contributed by atoms with E-state index in [1.54, 1.807) is 0 Å². The molecule has 1 heterocycles. The highest BCUT2D eigenvalue weighted by Gasteiger charge is 2.25. The molecule has 0 spiro atoms. The zero-order chi connectivity index (χ0) is 14.9. The monoisotopic (exact) mass is 319 g/mol. The molecular formula is C11H11F2N3O2S2. The second-order valence-corrected chi connectivity index (χ2v) is 6.64. The minimum atomic E-state index is -4.38. The lowest BCUT2D eigenvalue weighted by molar-refractivity contribution is 0.521. The topological polar surface area (TPSA) is 72.0 Å². The van der Waals surface area contributed by atoms with Gasteiger partial charge in [-0.15, -0.1) is 0 Å². The smallest absolute Gasteiger partial charge is 0.253 e. The molecule has 0 aliphatic rings. The lowest BCUT2D eigenvalue weighted by Crippen LogP contribution is -2.16. The normalized spacial score (nSPS) is 11.8. The Bertz CT molecular complexity index is 709. The van der Waals surface area contributed by atoms with Gasteiger partial charge in [0.15, 0.2) is 4.90 Å². The Kier molecular flexibility index (Phi) is 4.00. The molecule has 2 rings (SSSR count). The predicted octanol–water partition coefficient (Wildman–Crippen LogP) is 2.74. The van der Waals surface area contributed by atoms with E-state index in [1.165, 1.54) is 0 Å². The molecule has 0 unspecified atom stereocenters. The van der Waals surface area contributed by atoms with Crippen molar-refractivity contribution in [2.75, 3.05) is 4.72 Å². The van der Waals surface area contributed by atoms with Crippen molar-refractivity contribution in [1.82, 2.24) is 9.36 Å². The lowest BCUT2D eigenvalue weighted by Gasteiger charge is -2.06. The Morgan fingerprint density at radius 1 is 1.25 bits per heavy atom. The summed E-state index contributed by atoms with van der Waals surface area (Å²) in [4.78, 5) is 2.93. The van der Waals surface area contributed by atoms with Crippen molar-refractivity contribution in [3.05, 3.63) is 35.7 Å². The standard InChI is InChI=1S/C11H11F2N3O2S2/c1-6(2)10-14-11(19-15-10)16-20(17,18)9-7(12)4-3-5-8(9)13/h3-6H,1-2H3,(H,14,15,16). The molecule has 1 N–H and O–H groups in total. The molecule has 0 atom stereocenters. The molecule has 0 radical (unpaired) electrons. The molecule has 2 aromatic rings. The quantitative estimate of drug-likeness (QED) is 0.940. The third-order valence-electron chi connectivity index (χ3n) is 2.37. The van der Waals surface area contributed by atoms with Gasteiger partial charge in [-0.1, -0.05) is 19.9 Å². The van der Waals surface area contributed by atoms with Crippen LogP contribution in [0.2, 0.25) is 0 Å². The van der Waals surface area contributed by atoms with Gasteiger partial charge in [0.05, 0.1) is 0 Å². The van der Waals surface area contributed by atoms with Crippen LogP contribution in [0.25, 0.3) is 0 Å². The van der Waals surface area contributed by atoms with Crippen LogP contribution >= 0.6 is 11.5 Å². The van der Waals surface area contributed by atoms with Crippen LogP contribution in [0.5, 0.6) is 0 Å². The zero-order valence-electron chi connectivity index (χ0n) is 10.6. The minimum absolute atomic E-state index is 0.0229. The van der Waals surface area contributed by atoms with Gasteiger partial charge < -0.3 is 0 Å². The highest BCUT2D eigenvalue weighted by molar-refractivity contribution is 7.93. The average Bonchev–Trinajstić information content (AvgIpc) is 2.76. The van der Waals surface area contributed by atoms with Gasteiger partial charge in [-0.25, -0.2) is 22.2 Å². The Labute approximate surface area is 118 Å². The van der Waals surface area contributed by atoms with E-state index >= 15 is 0 Å². The predicted molar refractivity (Wildman–Crippen MR) is 71.2 cm³/mol. The highest BCUT2D eigenvalue weighted by atomic mass is 32.2. The number of hydrogen-bond acceptors (Lipinski definition) is 5. The van der Waals surface area contributed by atoms with Gasteiger partial charge in [-0.05, 0) is 12.1 Å². The number of hydrogen-bond donors (Lipinski definition) is 1. The van der Waals surface area contributed by atoms with Gasteiger partial charge in [0.25, 0.3) is 10.0 Å². The number of benzene rings is 1. The van der Waals surface area contributed by atoms with Crippen LogP contribution in [-0.2, 0) is 10.0 Å². The number of aromatic nitrogens is 2. The average molecular weight is 319 g/mol. The summed E-state index contributed by atoms with van der Waals surface area (Å²) in [7, 11) is -4.38. The Morgan fingerprint density at radius 2 is 1.85 bits per heavy atom. The van der Waals surface area contributed by atoms with Gasteiger partial charge in [0, 0.05) is 17.5 Å². The molecule has 0 amide bonds. The summed E-state index contributed by atoms with van der Waals surface area (Å²) in [6.07, 6.45) is 0. The number of sulfonamides is 1. The fourth-order valence-electron chi connectivity index (χ4n) is 1.42. The van der Waals surface area contributed by atoms with Crippen LogP contribution in [-0.4, -0.2) is 17.8 Å². The summed E-state index contributed by atoms with van der Waals surface area (Å²) < 4.78 is 56.9. The van der Waals surface area contributed by atoms with Crippen LogP contribution in [0.15, 0.2) is 23.1 Å². The Balaban J connectivity index is 2.36. The molecule has 0 aliphatic carbocycles. The fourth-order valence-corrected chi connectivity index (χ4v) is 3.49. The van der Waals surface area contributed by atoms with Crippen LogP contribution in [0, 0.1) is 11.6 Å². The van der Waals surface area contributed by atoms with E-state index in [1.807, 2.05) is 18.6 Å². The van der Waals surface area contributed by atoms with Crippen molar-refractivity contribution in [2.24, 2.45) is 0 Å². The molecule has 108 valence electrons.